The van der Waals surface area contributed by atoms with Crippen LogP contribution in [0.3, 0.4) is 0 Å². The first kappa shape index (κ1) is 25.0. The first-order valence-electron chi connectivity index (χ1n) is 13.2. The SMILES string of the molecule is Cn1c(CNc2cnc3cc(N4CCOCC4)nc(O[C@H]4CC[C@@H](n5ccnc5)CC4)c3c2)cnc1[N+](=O)[O-]. The molecule has 0 amide bonds. The van der Waals surface area contributed by atoms with Crippen LogP contribution in [0.2, 0.25) is 0 Å². The Morgan fingerprint density at radius 2 is 1.97 bits per heavy atom. The minimum Gasteiger partial charge on any atom is -0.474 e. The van der Waals surface area contributed by atoms with Crippen LogP contribution in [0.4, 0.5) is 17.5 Å². The van der Waals surface area contributed by atoms with Crippen molar-refractivity contribution in [2.75, 3.05) is 36.5 Å². The number of nitro groups is 1. The smallest absolute Gasteiger partial charge is 0.434 e. The first-order chi connectivity index (χ1) is 19.0. The summed E-state index contributed by atoms with van der Waals surface area (Å²) in [6, 6.07) is 4.42. The second-order valence-electron chi connectivity index (χ2n) is 9.95. The number of morpholine rings is 1. The number of pyridine rings is 2. The summed E-state index contributed by atoms with van der Waals surface area (Å²) in [4.78, 5) is 30.6. The van der Waals surface area contributed by atoms with Crippen molar-refractivity contribution in [3.8, 4) is 5.88 Å². The summed E-state index contributed by atoms with van der Waals surface area (Å²) < 4.78 is 15.8. The highest BCUT2D eigenvalue weighted by atomic mass is 16.6. The minimum atomic E-state index is -0.495. The first-order valence-corrected chi connectivity index (χ1v) is 13.2. The minimum absolute atomic E-state index is 0.0621. The van der Waals surface area contributed by atoms with E-state index in [1.807, 2.05) is 30.9 Å². The molecule has 204 valence electrons. The maximum absolute atomic E-state index is 11.1. The molecule has 0 unspecified atom stereocenters. The normalized spacial score (nSPS) is 19.8. The van der Waals surface area contributed by atoms with Crippen LogP contribution < -0.4 is 15.0 Å². The molecule has 4 aromatic heterocycles. The molecular formula is C26H31N9O4. The molecule has 2 fully saturated rings. The van der Waals surface area contributed by atoms with E-state index in [9.17, 15) is 10.1 Å². The zero-order valence-electron chi connectivity index (χ0n) is 21.8. The number of hydrogen-bond donors (Lipinski definition) is 1. The van der Waals surface area contributed by atoms with Gasteiger partial charge in [-0.25, -0.2) is 9.55 Å². The molecule has 5 heterocycles. The Hall–Kier alpha value is -4.26. The van der Waals surface area contributed by atoms with E-state index < -0.39 is 4.92 Å². The average molecular weight is 534 g/mol. The Bertz CT molecular complexity index is 1440. The van der Waals surface area contributed by atoms with Gasteiger partial charge in [0.25, 0.3) is 0 Å². The molecule has 1 aliphatic carbocycles. The molecule has 1 saturated carbocycles. The van der Waals surface area contributed by atoms with Crippen molar-refractivity contribution in [3.05, 3.63) is 59.1 Å². The zero-order valence-corrected chi connectivity index (χ0v) is 21.8. The molecule has 39 heavy (non-hydrogen) atoms. The van der Waals surface area contributed by atoms with E-state index in [-0.39, 0.29) is 12.1 Å². The Morgan fingerprint density at radius 3 is 2.69 bits per heavy atom. The predicted octanol–water partition coefficient (Wildman–Crippen LogP) is 3.48. The molecule has 13 nitrogen and oxygen atoms in total. The fraction of sp³-hybridized carbons (Fsp3) is 0.462. The number of ether oxygens (including phenoxy) is 2. The van der Waals surface area contributed by atoms with Crippen LogP contribution in [0, 0.1) is 10.1 Å². The van der Waals surface area contributed by atoms with E-state index in [2.05, 4.69) is 24.8 Å². The predicted molar refractivity (Wildman–Crippen MR) is 144 cm³/mol. The molecule has 4 aromatic rings. The van der Waals surface area contributed by atoms with Gasteiger partial charge in [0.15, 0.2) is 0 Å². The van der Waals surface area contributed by atoms with Gasteiger partial charge in [-0.3, -0.25) is 4.98 Å². The lowest BCUT2D eigenvalue weighted by Gasteiger charge is -2.31. The van der Waals surface area contributed by atoms with Gasteiger partial charge in [0, 0.05) is 37.6 Å². The average Bonchev–Trinajstić information content (AvgIpc) is 3.63. The summed E-state index contributed by atoms with van der Waals surface area (Å²) in [6.07, 6.45) is 13.0. The highest BCUT2D eigenvalue weighted by Crippen LogP contribution is 2.34. The van der Waals surface area contributed by atoms with Gasteiger partial charge < -0.3 is 34.4 Å². The maximum atomic E-state index is 11.1. The second kappa shape index (κ2) is 10.8. The number of anilines is 2. The van der Waals surface area contributed by atoms with Crippen LogP contribution in [-0.4, -0.2) is 66.4 Å². The largest absolute Gasteiger partial charge is 0.474 e. The molecule has 0 atom stereocenters. The van der Waals surface area contributed by atoms with E-state index in [1.165, 1.54) is 10.8 Å². The van der Waals surface area contributed by atoms with Gasteiger partial charge in [-0.15, -0.1) is 0 Å². The number of rotatable bonds is 8. The van der Waals surface area contributed by atoms with Crippen molar-refractivity contribution < 1.29 is 14.4 Å². The van der Waals surface area contributed by atoms with E-state index in [1.54, 1.807) is 13.2 Å². The van der Waals surface area contributed by atoms with Crippen molar-refractivity contribution in [3.63, 3.8) is 0 Å². The summed E-state index contributed by atoms with van der Waals surface area (Å²) >= 11 is 0. The number of nitrogens with one attached hydrogen (secondary N) is 1. The van der Waals surface area contributed by atoms with Crippen molar-refractivity contribution in [1.82, 2.24) is 29.1 Å². The Kier molecular flexibility index (Phi) is 6.97. The van der Waals surface area contributed by atoms with Crippen molar-refractivity contribution in [2.24, 2.45) is 7.05 Å². The van der Waals surface area contributed by atoms with E-state index >= 15 is 0 Å². The third-order valence-electron chi connectivity index (χ3n) is 7.53. The number of hydrogen-bond acceptors (Lipinski definition) is 10. The second-order valence-corrected chi connectivity index (χ2v) is 9.95. The van der Waals surface area contributed by atoms with Crippen LogP contribution in [-0.2, 0) is 18.3 Å². The third kappa shape index (κ3) is 5.35. The number of nitrogens with zero attached hydrogens (tertiary/aromatic N) is 8. The molecule has 0 aromatic carbocycles. The van der Waals surface area contributed by atoms with E-state index in [4.69, 9.17) is 19.4 Å². The number of aromatic nitrogens is 6. The molecule has 1 N–H and O–H groups in total. The quantitative estimate of drug-likeness (QED) is 0.265. The van der Waals surface area contributed by atoms with Gasteiger partial charge >= 0.3 is 5.95 Å². The van der Waals surface area contributed by atoms with Crippen LogP contribution in [0.5, 0.6) is 5.88 Å². The van der Waals surface area contributed by atoms with Gasteiger partial charge in [0.05, 0.1) is 55.9 Å². The van der Waals surface area contributed by atoms with Gasteiger partial charge in [-0.1, -0.05) is 4.98 Å². The maximum Gasteiger partial charge on any atom is 0.434 e. The summed E-state index contributed by atoms with van der Waals surface area (Å²) in [5, 5.41) is 15.3. The highest BCUT2D eigenvalue weighted by molar-refractivity contribution is 5.88. The Balaban J connectivity index is 1.24. The molecule has 0 radical (unpaired) electrons. The number of fused-ring (bicyclic) bond motifs is 1. The van der Waals surface area contributed by atoms with Gasteiger partial charge in [0.2, 0.25) is 5.88 Å². The summed E-state index contributed by atoms with van der Waals surface area (Å²) in [6.45, 7) is 3.22. The Labute approximate surface area is 225 Å². The summed E-state index contributed by atoms with van der Waals surface area (Å²) in [5.74, 6) is 1.22. The lowest BCUT2D eigenvalue weighted by atomic mass is 9.93. The van der Waals surface area contributed by atoms with Crippen molar-refractivity contribution >= 4 is 28.4 Å². The van der Waals surface area contributed by atoms with Crippen LogP contribution in [0.15, 0.2) is 43.2 Å². The fourth-order valence-corrected chi connectivity index (χ4v) is 5.29. The molecule has 2 aliphatic rings. The summed E-state index contributed by atoms with van der Waals surface area (Å²) in [7, 11) is 1.63. The standard InChI is InChI=1S/C26H31N9O4/c1-32-20(16-30-26(32)35(36)37)15-28-18-12-22-23(29-14-18)13-24(33-8-10-38-11-9-33)31-25(22)39-21-4-2-19(3-5-21)34-7-6-27-17-34/h6-7,12-14,16-17,19,21,28H,2-5,8-11,15H2,1H3/t19-,21+. The molecule has 0 spiro atoms. The highest BCUT2D eigenvalue weighted by Gasteiger charge is 2.25. The molecule has 1 saturated heterocycles. The van der Waals surface area contributed by atoms with Crippen LogP contribution in [0.25, 0.3) is 10.9 Å². The number of imidazole rings is 2. The van der Waals surface area contributed by atoms with Crippen molar-refractivity contribution in [2.45, 2.75) is 44.4 Å². The Morgan fingerprint density at radius 1 is 1.15 bits per heavy atom. The van der Waals surface area contributed by atoms with E-state index in [0.717, 1.165) is 61.2 Å². The topological polar surface area (TPSA) is 138 Å². The fourth-order valence-electron chi connectivity index (χ4n) is 5.29. The van der Waals surface area contributed by atoms with Crippen LogP contribution in [0.1, 0.15) is 37.4 Å². The van der Waals surface area contributed by atoms with Gasteiger partial charge in [-0.2, -0.15) is 4.98 Å². The molecular weight excluding hydrogens is 502 g/mol. The molecule has 1 aliphatic heterocycles. The zero-order chi connectivity index (χ0) is 26.8. The lowest BCUT2D eigenvalue weighted by molar-refractivity contribution is -0.396. The molecule has 0 bridgehead atoms. The molecule has 13 heteroatoms. The molecule has 6 rings (SSSR count). The summed E-state index contributed by atoms with van der Waals surface area (Å²) in [5.41, 5.74) is 2.25. The van der Waals surface area contributed by atoms with Crippen LogP contribution >= 0.6 is 0 Å². The van der Waals surface area contributed by atoms with E-state index in [0.29, 0.717) is 37.4 Å². The monoisotopic (exact) mass is 533 g/mol. The van der Waals surface area contributed by atoms with Crippen molar-refractivity contribution in [1.29, 1.82) is 0 Å². The van der Waals surface area contributed by atoms with Gasteiger partial charge in [-0.05, 0) is 36.7 Å². The van der Waals surface area contributed by atoms with Gasteiger partial charge in [0.1, 0.15) is 23.8 Å². The lowest BCUT2D eigenvalue weighted by Crippen LogP contribution is -2.36. The third-order valence-corrected chi connectivity index (χ3v) is 7.53.